The molecule has 0 atom stereocenters. The highest BCUT2D eigenvalue weighted by molar-refractivity contribution is 7.90. The number of nitrogens with two attached hydrogens (primary N) is 1. The maximum Gasteiger partial charge on any atom is 0.348 e. The van der Waals surface area contributed by atoms with E-state index in [9.17, 15) is 18.0 Å². The molecule has 0 amide bonds. The van der Waals surface area contributed by atoms with Gasteiger partial charge in [-0.25, -0.2) is 28.0 Å². The molecule has 2 aromatic rings. The van der Waals surface area contributed by atoms with E-state index in [2.05, 4.69) is 14.4 Å². The Bertz CT molecular complexity index is 1330. The van der Waals surface area contributed by atoms with Crippen molar-refractivity contribution >= 4 is 55.2 Å². The largest absolute Gasteiger partial charge is 0.462 e. The van der Waals surface area contributed by atoms with E-state index >= 15 is 0 Å². The number of fused-ring (bicyclic) bond motifs is 2. The number of nitrogen functional groups attached to an aromatic ring is 1. The van der Waals surface area contributed by atoms with Crippen molar-refractivity contribution in [1.29, 1.82) is 0 Å². The highest BCUT2D eigenvalue weighted by Gasteiger charge is 2.26. The minimum Gasteiger partial charge on any atom is -0.462 e. The third-order valence-electron chi connectivity index (χ3n) is 4.72. The molecule has 13 heteroatoms. The molecule has 0 aliphatic carbocycles. The van der Waals surface area contributed by atoms with Gasteiger partial charge in [0.15, 0.2) is 12.4 Å². The van der Waals surface area contributed by atoms with Crippen LogP contribution in [-0.2, 0) is 30.9 Å². The fourth-order valence-corrected chi connectivity index (χ4v) is 5.28. The van der Waals surface area contributed by atoms with Crippen molar-refractivity contribution in [2.24, 2.45) is 4.40 Å². The van der Waals surface area contributed by atoms with Crippen LogP contribution in [-0.4, -0.2) is 60.0 Å². The summed E-state index contributed by atoms with van der Waals surface area (Å²) in [5.41, 5.74) is 6.93. The van der Waals surface area contributed by atoms with Crippen LogP contribution in [0.1, 0.15) is 28.0 Å². The Kier molecular flexibility index (Phi) is 5.69. The number of hydrogen-bond acceptors (Lipinski definition) is 11. The molecular weight excluding hydrogens is 458 g/mol. The predicted octanol–water partition coefficient (Wildman–Crippen LogP) is 1.30. The van der Waals surface area contributed by atoms with Crippen molar-refractivity contribution in [1.82, 2.24) is 14.9 Å². The number of carbonyl (C=O) groups is 2. The number of anilines is 1. The summed E-state index contributed by atoms with van der Waals surface area (Å²) >= 11 is 1.14. The fraction of sp³-hybridized carbons (Fsp3) is 0.316. The van der Waals surface area contributed by atoms with Gasteiger partial charge < -0.3 is 20.1 Å². The van der Waals surface area contributed by atoms with Gasteiger partial charge in [-0.2, -0.15) is 0 Å². The molecule has 2 N–H and O–H groups in total. The highest BCUT2D eigenvalue weighted by atomic mass is 32.2. The van der Waals surface area contributed by atoms with Gasteiger partial charge in [0.05, 0.1) is 23.3 Å². The summed E-state index contributed by atoms with van der Waals surface area (Å²) in [5, 5.41) is 0.568. The summed E-state index contributed by atoms with van der Waals surface area (Å²) in [7, 11) is -3.48. The van der Waals surface area contributed by atoms with Crippen LogP contribution in [0.4, 0.5) is 5.82 Å². The van der Waals surface area contributed by atoms with E-state index in [4.69, 9.17) is 15.2 Å². The molecule has 2 aliphatic heterocycles. The van der Waals surface area contributed by atoms with Crippen molar-refractivity contribution in [3.8, 4) is 0 Å². The molecule has 0 saturated carbocycles. The highest BCUT2D eigenvalue weighted by Crippen LogP contribution is 2.33. The van der Waals surface area contributed by atoms with Crippen LogP contribution in [0, 0.1) is 6.92 Å². The minimum absolute atomic E-state index is 0.135. The zero-order valence-corrected chi connectivity index (χ0v) is 18.8. The SMILES string of the molecule is CCOC(=O)c1sc2nc(COC(=O)C3=CN4CCS(=O)(=O)N=C4C=C3)nc(N)c2c1C. The van der Waals surface area contributed by atoms with Crippen LogP contribution < -0.4 is 5.73 Å². The first-order valence-corrected chi connectivity index (χ1v) is 12.0. The number of ether oxygens (including phenoxy) is 2. The molecule has 0 bridgehead atoms. The van der Waals surface area contributed by atoms with Gasteiger partial charge in [-0.1, -0.05) is 0 Å². The second kappa shape index (κ2) is 8.31. The summed E-state index contributed by atoms with van der Waals surface area (Å²) in [6.07, 6.45) is 4.37. The number of carbonyl (C=O) groups excluding carboxylic acids is 2. The molecule has 2 aliphatic rings. The van der Waals surface area contributed by atoms with Gasteiger partial charge in [-0.3, -0.25) is 0 Å². The zero-order valence-electron chi connectivity index (χ0n) is 17.2. The van der Waals surface area contributed by atoms with Gasteiger partial charge in [0.25, 0.3) is 10.0 Å². The van der Waals surface area contributed by atoms with E-state index in [0.29, 0.717) is 20.7 Å². The number of thiophene rings is 1. The molecule has 2 aromatic heterocycles. The lowest BCUT2D eigenvalue weighted by atomic mass is 10.2. The van der Waals surface area contributed by atoms with Crippen molar-refractivity contribution < 1.29 is 27.5 Å². The Morgan fingerprint density at radius 3 is 2.75 bits per heavy atom. The number of amidine groups is 1. The number of nitrogens with zero attached hydrogens (tertiary/aromatic N) is 4. The molecule has 32 heavy (non-hydrogen) atoms. The van der Waals surface area contributed by atoms with E-state index in [1.165, 1.54) is 18.4 Å². The quantitative estimate of drug-likeness (QED) is 0.623. The van der Waals surface area contributed by atoms with E-state index in [-0.39, 0.29) is 48.6 Å². The second-order valence-electron chi connectivity index (χ2n) is 6.90. The minimum atomic E-state index is -3.48. The topological polar surface area (TPSA) is 154 Å². The summed E-state index contributed by atoms with van der Waals surface area (Å²) < 4.78 is 37.2. The molecule has 0 fully saturated rings. The van der Waals surface area contributed by atoms with Crippen molar-refractivity contribution in [3.63, 3.8) is 0 Å². The summed E-state index contributed by atoms with van der Waals surface area (Å²) in [5.74, 6) is -0.607. The summed E-state index contributed by atoms with van der Waals surface area (Å²) in [4.78, 5) is 35.6. The molecule has 11 nitrogen and oxygen atoms in total. The first kappa shape index (κ1) is 21.9. The first-order valence-electron chi connectivity index (χ1n) is 9.57. The van der Waals surface area contributed by atoms with Crippen LogP contribution in [0.5, 0.6) is 0 Å². The standard InChI is InChI=1S/C19H19N5O6S2/c1-3-29-19(26)15-10(2)14-16(20)21-12(22-17(14)31-15)9-30-18(25)11-4-5-13-23-32(27,28)7-6-24(13)8-11/h4-5,8H,3,6-7,9H2,1-2H3,(H2,20,21,22). The van der Waals surface area contributed by atoms with E-state index in [1.54, 1.807) is 18.7 Å². The van der Waals surface area contributed by atoms with Crippen LogP contribution in [0.15, 0.2) is 28.3 Å². The molecule has 4 heterocycles. The van der Waals surface area contributed by atoms with Gasteiger partial charge in [0, 0.05) is 12.7 Å². The van der Waals surface area contributed by atoms with Gasteiger partial charge in [0.1, 0.15) is 21.4 Å². The van der Waals surface area contributed by atoms with Gasteiger partial charge in [0.2, 0.25) is 0 Å². The third-order valence-corrected chi connectivity index (χ3v) is 7.05. The molecule has 168 valence electrons. The normalized spacial score (nSPS) is 16.9. The first-order chi connectivity index (χ1) is 15.2. The molecular formula is C19H19N5O6S2. The summed E-state index contributed by atoms with van der Waals surface area (Å²) in [6.45, 7) is 3.68. The van der Waals surface area contributed by atoms with Gasteiger partial charge >= 0.3 is 11.9 Å². The number of hydrogen-bond donors (Lipinski definition) is 1. The molecule has 0 spiro atoms. The molecule has 0 saturated heterocycles. The van der Waals surface area contributed by atoms with Crippen LogP contribution in [0.3, 0.4) is 0 Å². The Balaban J connectivity index is 1.50. The zero-order chi connectivity index (χ0) is 23.0. The molecule has 4 rings (SSSR count). The average molecular weight is 478 g/mol. The maximum absolute atomic E-state index is 12.5. The number of sulfonamides is 1. The Morgan fingerprint density at radius 2 is 2.00 bits per heavy atom. The van der Waals surface area contributed by atoms with E-state index in [0.717, 1.165) is 11.3 Å². The number of aryl methyl sites for hydroxylation is 1. The second-order valence-corrected chi connectivity index (χ2v) is 9.66. The van der Waals surface area contributed by atoms with Crippen molar-refractivity contribution in [3.05, 3.63) is 40.2 Å². The van der Waals surface area contributed by atoms with Crippen LogP contribution in [0.2, 0.25) is 0 Å². The van der Waals surface area contributed by atoms with E-state index in [1.807, 2.05) is 0 Å². The van der Waals surface area contributed by atoms with Crippen LogP contribution >= 0.6 is 11.3 Å². The van der Waals surface area contributed by atoms with Gasteiger partial charge in [-0.15, -0.1) is 15.7 Å². The number of rotatable bonds is 5. The Morgan fingerprint density at radius 1 is 1.22 bits per heavy atom. The maximum atomic E-state index is 12.5. The smallest absolute Gasteiger partial charge is 0.348 e. The van der Waals surface area contributed by atoms with Crippen molar-refractivity contribution in [2.75, 3.05) is 24.6 Å². The lowest BCUT2D eigenvalue weighted by molar-refractivity contribution is -0.140. The predicted molar refractivity (Wildman–Crippen MR) is 117 cm³/mol. The van der Waals surface area contributed by atoms with Crippen molar-refractivity contribution in [2.45, 2.75) is 20.5 Å². The third kappa shape index (κ3) is 4.21. The average Bonchev–Trinajstić information content (AvgIpc) is 3.08. The molecule has 0 aromatic carbocycles. The number of aromatic nitrogens is 2. The Labute approximate surface area is 187 Å². The lowest BCUT2D eigenvalue weighted by Gasteiger charge is -2.26. The molecule has 0 radical (unpaired) electrons. The summed E-state index contributed by atoms with van der Waals surface area (Å²) in [6, 6.07) is 0. The lowest BCUT2D eigenvalue weighted by Crippen LogP contribution is -2.37. The number of esters is 2. The monoisotopic (exact) mass is 477 g/mol. The Hall–Kier alpha value is -3.32. The van der Waals surface area contributed by atoms with Crippen LogP contribution in [0.25, 0.3) is 10.2 Å². The fourth-order valence-electron chi connectivity index (χ4n) is 3.21. The van der Waals surface area contributed by atoms with E-state index < -0.39 is 22.0 Å². The molecule has 0 unspecified atom stereocenters. The van der Waals surface area contributed by atoms with Gasteiger partial charge in [-0.05, 0) is 31.6 Å².